The van der Waals surface area contributed by atoms with E-state index in [-0.39, 0.29) is 42.9 Å². The van der Waals surface area contributed by atoms with E-state index < -0.39 is 36.2 Å². The molecule has 1 unspecified atom stereocenters. The molecule has 5 atom stereocenters. The molecule has 298 valence electrons. The lowest BCUT2D eigenvalue weighted by molar-refractivity contribution is -0.125. The van der Waals surface area contributed by atoms with Gasteiger partial charge in [-0.05, 0) is 49.0 Å². The standard InChI is InChI=1S/C41H56N6O5S3/c1-8-53-29(6)52-36(35(20-31-17-13-10-14-18-31)45-40(49)51-24-34-22-43-26-55-34)21-33(19-30-15-11-9-12-16-30)47(37(27(2)3)38(42)48)41(50)46(7)23-32-25-54-39(44-32)28(4)5/h9-18,22,25-29,33,35-37H,8,19-21,23-24H2,1-7H3,(H2,42,48)(H,45,49)/t29?,33-,35-,36-,37-/m0/s1. The number of aromatic nitrogens is 2. The van der Waals surface area contributed by atoms with Crippen molar-refractivity contribution in [2.24, 2.45) is 11.7 Å². The van der Waals surface area contributed by atoms with Crippen molar-refractivity contribution >= 4 is 52.5 Å². The summed E-state index contributed by atoms with van der Waals surface area (Å²) in [7, 11) is 1.73. The highest BCUT2D eigenvalue weighted by atomic mass is 32.2. The summed E-state index contributed by atoms with van der Waals surface area (Å²) in [6.07, 6.45) is 1.59. The zero-order valence-electron chi connectivity index (χ0n) is 32.9. The van der Waals surface area contributed by atoms with Gasteiger partial charge >= 0.3 is 12.1 Å². The lowest BCUT2D eigenvalue weighted by atomic mass is 9.90. The van der Waals surface area contributed by atoms with Crippen LogP contribution in [-0.2, 0) is 40.3 Å². The lowest BCUT2D eigenvalue weighted by Gasteiger charge is -2.43. The minimum atomic E-state index is -0.932. The van der Waals surface area contributed by atoms with Crippen LogP contribution in [0.3, 0.4) is 0 Å². The molecule has 2 aromatic heterocycles. The topological polar surface area (TPSA) is 140 Å². The summed E-state index contributed by atoms with van der Waals surface area (Å²) >= 11 is 4.62. The molecular weight excluding hydrogens is 753 g/mol. The van der Waals surface area contributed by atoms with Crippen LogP contribution in [0.1, 0.15) is 80.6 Å². The minimum absolute atomic E-state index is 0.0831. The molecule has 0 radical (unpaired) electrons. The Morgan fingerprint density at radius 1 is 0.945 bits per heavy atom. The molecule has 4 amide bonds. The lowest BCUT2D eigenvalue weighted by Crippen LogP contribution is -2.60. The van der Waals surface area contributed by atoms with E-state index in [2.05, 4.69) is 31.1 Å². The van der Waals surface area contributed by atoms with E-state index in [0.29, 0.717) is 12.8 Å². The van der Waals surface area contributed by atoms with Crippen LogP contribution < -0.4 is 11.1 Å². The normalized spacial score (nSPS) is 14.2. The van der Waals surface area contributed by atoms with E-state index in [0.717, 1.165) is 32.5 Å². The molecule has 0 spiro atoms. The summed E-state index contributed by atoms with van der Waals surface area (Å²) in [4.78, 5) is 54.8. The molecule has 0 saturated heterocycles. The van der Waals surface area contributed by atoms with E-state index in [9.17, 15) is 14.4 Å². The molecule has 0 fully saturated rings. The molecule has 4 rings (SSSR count). The maximum Gasteiger partial charge on any atom is 0.407 e. The van der Waals surface area contributed by atoms with Gasteiger partial charge in [0.15, 0.2) is 0 Å². The van der Waals surface area contributed by atoms with Gasteiger partial charge < -0.3 is 30.3 Å². The Morgan fingerprint density at radius 2 is 1.60 bits per heavy atom. The van der Waals surface area contributed by atoms with Gasteiger partial charge in [-0.2, -0.15) is 0 Å². The van der Waals surface area contributed by atoms with Gasteiger partial charge in [0.2, 0.25) is 5.91 Å². The van der Waals surface area contributed by atoms with Crippen LogP contribution in [0.15, 0.2) is 77.8 Å². The van der Waals surface area contributed by atoms with Crippen LogP contribution in [0.5, 0.6) is 0 Å². The summed E-state index contributed by atoms with van der Waals surface area (Å²) in [5.74, 6) is 0.188. The van der Waals surface area contributed by atoms with Gasteiger partial charge in [-0.1, -0.05) is 95.3 Å². The second kappa shape index (κ2) is 21.9. The Balaban J connectivity index is 1.79. The van der Waals surface area contributed by atoms with Crippen LogP contribution in [0.2, 0.25) is 0 Å². The highest BCUT2D eigenvalue weighted by molar-refractivity contribution is 7.99. The van der Waals surface area contributed by atoms with Gasteiger partial charge in [-0.15, -0.1) is 34.4 Å². The fourth-order valence-corrected chi connectivity index (χ4v) is 8.55. The molecule has 14 heteroatoms. The molecular formula is C41H56N6O5S3. The molecule has 0 aliphatic carbocycles. The average molecular weight is 809 g/mol. The number of hydrogen-bond acceptors (Lipinski definition) is 10. The molecule has 0 saturated carbocycles. The summed E-state index contributed by atoms with van der Waals surface area (Å²) < 4.78 is 12.5. The third-order valence-electron chi connectivity index (χ3n) is 9.09. The number of nitrogens with two attached hydrogens (primary N) is 1. The highest BCUT2D eigenvalue weighted by Gasteiger charge is 2.41. The summed E-state index contributed by atoms with van der Waals surface area (Å²) in [5, 5.41) is 6.10. The number of thiazole rings is 2. The highest BCUT2D eigenvalue weighted by Crippen LogP contribution is 2.28. The van der Waals surface area contributed by atoms with E-state index in [1.807, 2.05) is 86.8 Å². The van der Waals surface area contributed by atoms with Crippen molar-refractivity contribution in [1.29, 1.82) is 0 Å². The van der Waals surface area contributed by atoms with Crippen molar-refractivity contribution in [3.63, 3.8) is 0 Å². The van der Waals surface area contributed by atoms with Crippen molar-refractivity contribution in [1.82, 2.24) is 25.1 Å². The number of carbonyl (C=O) groups excluding carboxylic acids is 3. The fourth-order valence-electron chi connectivity index (χ4n) is 6.53. The minimum Gasteiger partial charge on any atom is -0.444 e. The maximum absolute atomic E-state index is 14.9. The first-order valence-electron chi connectivity index (χ1n) is 18.8. The van der Waals surface area contributed by atoms with Crippen LogP contribution >= 0.6 is 34.4 Å². The molecule has 2 heterocycles. The van der Waals surface area contributed by atoms with Gasteiger partial charge in [0.05, 0.1) is 39.8 Å². The van der Waals surface area contributed by atoms with Crippen molar-refractivity contribution in [2.45, 2.75) is 110 Å². The first-order chi connectivity index (χ1) is 26.4. The largest absolute Gasteiger partial charge is 0.444 e. The number of ether oxygens (including phenoxy) is 2. The zero-order valence-corrected chi connectivity index (χ0v) is 35.4. The number of amides is 4. The molecule has 55 heavy (non-hydrogen) atoms. The number of nitrogens with zero attached hydrogens (tertiary/aromatic N) is 4. The predicted octanol–water partition coefficient (Wildman–Crippen LogP) is 8.11. The van der Waals surface area contributed by atoms with E-state index in [1.165, 1.54) is 11.3 Å². The monoisotopic (exact) mass is 808 g/mol. The van der Waals surface area contributed by atoms with Gasteiger partial charge in [-0.3, -0.25) is 9.78 Å². The number of primary amides is 1. The molecule has 3 N–H and O–H groups in total. The smallest absolute Gasteiger partial charge is 0.407 e. The SMILES string of the molecule is CCSC(C)O[C@@H](C[C@H](Cc1ccccc1)N(C(=O)N(C)Cc1csc(C(C)C)n1)[C@H](C(N)=O)C(C)C)[C@H](Cc1ccccc1)NC(=O)OCc1cncs1. The third-order valence-corrected chi connectivity index (χ3v) is 12.0. The van der Waals surface area contributed by atoms with E-state index >= 15 is 0 Å². The average Bonchev–Trinajstić information content (AvgIpc) is 3.85. The molecule has 0 aliphatic rings. The Hall–Kier alpha value is -3.98. The zero-order chi connectivity index (χ0) is 39.9. The second-order valence-corrected chi connectivity index (χ2v) is 17.7. The molecule has 0 aliphatic heterocycles. The first-order valence-corrected chi connectivity index (χ1v) is 21.6. The maximum atomic E-state index is 14.9. The van der Waals surface area contributed by atoms with Gasteiger partial charge in [0.25, 0.3) is 0 Å². The summed E-state index contributed by atoms with van der Waals surface area (Å²) in [5.41, 5.74) is 10.4. The molecule has 11 nitrogen and oxygen atoms in total. The first kappa shape index (κ1) is 43.7. The van der Waals surface area contributed by atoms with Gasteiger partial charge in [0.1, 0.15) is 18.1 Å². The fraction of sp³-hybridized carbons (Fsp3) is 0.488. The van der Waals surface area contributed by atoms with Crippen LogP contribution in [0.25, 0.3) is 0 Å². The van der Waals surface area contributed by atoms with Crippen LogP contribution in [0, 0.1) is 5.92 Å². The van der Waals surface area contributed by atoms with Crippen molar-refractivity contribution in [3.8, 4) is 0 Å². The second-order valence-electron chi connectivity index (χ2n) is 14.2. The predicted molar refractivity (Wildman–Crippen MR) is 223 cm³/mol. The number of alkyl carbamates (subject to hydrolysis) is 1. The van der Waals surface area contributed by atoms with Crippen molar-refractivity contribution in [3.05, 3.63) is 104 Å². The Bertz CT molecular complexity index is 1740. The van der Waals surface area contributed by atoms with E-state index in [4.69, 9.17) is 20.2 Å². The van der Waals surface area contributed by atoms with E-state index in [1.54, 1.807) is 51.7 Å². The number of rotatable bonds is 21. The summed E-state index contributed by atoms with van der Waals surface area (Å²) in [6.45, 7) is 12.4. The van der Waals surface area contributed by atoms with Crippen LogP contribution in [-0.4, -0.2) is 80.3 Å². The number of carbonyl (C=O) groups is 3. The van der Waals surface area contributed by atoms with Gasteiger partial charge in [0, 0.05) is 30.6 Å². The Labute approximate surface area is 338 Å². The van der Waals surface area contributed by atoms with Gasteiger partial charge in [-0.25, -0.2) is 14.6 Å². The summed E-state index contributed by atoms with van der Waals surface area (Å²) in [6, 6.07) is 17.4. The number of thioether (sulfide) groups is 1. The molecule has 0 bridgehead atoms. The molecule has 2 aromatic carbocycles. The van der Waals surface area contributed by atoms with Crippen molar-refractivity contribution in [2.75, 3.05) is 12.8 Å². The Kier molecular flexibility index (Phi) is 17.4. The number of benzene rings is 2. The number of urea groups is 1. The van der Waals surface area contributed by atoms with Crippen LogP contribution in [0.4, 0.5) is 9.59 Å². The molecule has 4 aromatic rings. The number of nitrogens with one attached hydrogen (secondary N) is 1. The van der Waals surface area contributed by atoms with Crippen molar-refractivity contribution < 1.29 is 23.9 Å². The third kappa shape index (κ3) is 13.6. The quantitative estimate of drug-likeness (QED) is 0.0806. The number of hydrogen-bond donors (Lipinski definition) is 2. The Morgan fingerprint density at radius 3 is 2.15 bits per heavy atom.